The number of piperidine rings is 2. The van der Waals surface area contributed by atoms with E-state index < -0.39 is 29.7 Å². The number of likely N-dealkylation sites (tertiary alicyclic amines) is 1. The van der Waals surface area contributed by atoms with Gasteiger partial charge in [0.15, 0.2) is 0 Å². The van der Waals surface area contributed by atoms with Crippen molar-refractivity contribution in [2.75, 3.05) is 18.4 Å². The summed E-state index contributed by atoms with van der Waals surface area (Å²) in [6.45, 7) is 9.61. The van der Waals surface area contributed by atoms with Gasteiger partial charge in [-0.1, -0.05) is 39.0 Å². The van der Waals surface area contributed by atoms with Gasteiger partial charge in [-0.05, 0) is 67.4 Å². The molecule has 2 aromatic rings. The third kappa shape index (κ3) is 5.45. The molecule has 2 N–H and O–H groups in total. The fourth-order valence-electron chi connectivity index (χ4n) is 5.89. The maximum atomic E-state index is 15.0. The van der Waals surface area contributed by atoms with E-state index in [-0.39, 0.29) is 36.3 Å². The highest BCUT2D eigenvalue weighted by molar-refractivity contribution is 6.25. The molecular formula is C30H35FN4O4. The van der Waals surface area contributed by atoms with Crippen LogP contribution in [0.2, 0.25) is 0 Å². The number of fused-ring (bicyclic) bond motifs is 1. The molecule has 2 saturated heterocycles. The van der Waals surface area contributed by atoms with Gasteiger partial charge in [-0.25, -0.2) is 4.39 Å². The van der Waals surface area contributed by atoms with Gasteiger partial charge < -0.3 is 5.32 Å². The van der Waals surface area contributed by atoms with Gasteiger partial charge in [0.2, 0.25) is 11.8 Å². The van der Waals surface area contributed by atoms with Gasteiger partial charge >= 0.3 is 0 Å². The quantitative estimate of drug-likeness (QED) is 0.542. The summed E-state index contributed by atoms with van der Waals surface area (Å²) in [6, 6.07) is 9.07. The van der Waals surface area contributed by atoms with Crippen LogP contribution in [-0.4, -0.2) is 52.6 Å². The van der Waals surface area contributed by atoms with Crippen LogP contribution in [0, 0.1) is 17.2 Å². The Morgan fingerprint density at radius 3 is 2.41 bits per heavy atom. The lowest BCUT2D eigenvalue weighted by Crippen LogP contribution is -2.54. The first-order valence-corrected chi connectivity index (χ1v) is 13.6. The Kier molecular flexibility index (Phi) is 7.29. The summed E-state index contributed by atoms with van der Waals surface area (Å²) in [7, 11) is 0. The number of amides is 4. The van der Waals surface area contributed by atoms with Gasteiger partial charge in [0.05, 0.1) is 11.1 Å². The number of anilines is 1. The number of hydrogen-bond donors (Lipinski definition) is 2. The summed E-state index contributed by atoms with van der Waals surface area (Å²) in [4.78, 5) is 53.4. The van der Waals surface area contributed by atoms with E-state index in [1.165, 1.54) is 6.07 Å². The topological polar surface area (TPSA) is 98.8 Å². The molecule has 5 rings (SSSR count). The number of benzene rings is 2. The van der Waals surface area contributed by atoms with Crippen molar-refractivity contribution in [2.45, 2.75) is 65.6 Å². The van der Waals surface area contributed by atoms with E-state index in [1.807, 2.05) is 12.1 Å². The lowest BCUT2D eigenvalue weighted by molar-refractivity contribution is -0.136. The number of halogens is 1. The standard InChI is InChI=1S/C30H35FN4O4/c1-30(2,3)20-11-13-34(14-12-20)17-19-8-7-18(15-22(19)31)16-32-23-6-4-5-21-26(23)29(39)35(28(21)38)24-9-10-25(36)33-27(24)37/h4-8,15,20,24,32H,9-14,16-17H2,1-3H3,(H,33,36,37). The predicted octanol–water partition coefficient (Wildman–Crippen LogP) is 4.10. The molecule has 2 aromatic carbocycles. The largest absolute Gasteiger partial charge is 0.380 e. The number of imide groups is 2. The van der Waals surface area contributed by atoms with E-state index in [9.17, 15) is 19.2 Å². The maximum absolute atomic E-state index is 15.0. The summed E-state index contributed by atoms with van der Waals surface area (Å²) in [5.74, 6) is -1.78. The first kappa shape index (κ1) is 27.0. The average Bonchev–Trinajstić information content (AvgIpc) is 3.14. The van der Waals surface area contributed by atoms with Crippen molar-refractivity contribution >= 4 is 29.3 Å². The normalized spacial score (nSPS) is 20.8. The Labute approximate surface area is 227 Å². The minimum Gasteiger partial charge on any atom is -0.380 e. The van der Waals surface area contributed by atoms with Crippen molar-refractivity contribution < 1.29 is 23.6 Å². The van der Waals surface area contributed by atoms with Crippen molar-refractivity contribution in [3.05, 3.63) is 64.5 Å². The van der Waals surface area contributed by atoms with E-state index >= 15 is 4.39 Å². The number of nitrogens with zero attached hydrogens (tertiary/aromatic N) is 2. The number of hydrogen-bond acceptors (Lipinski definition) is 6. The molecule has 0 aliphatic carbocycles. The van der Waals surface area contributed by atoms with Crippen LogP contribution in [0.25, 0.3) is 0 Å². The second-order valence-corrected chi connectivity index (χ2v) is 11.9. The molecular weight excluding hydrogens is 499 g/mol. The zero-order valence-electron chi connectivity index (χ0n) is 22.7. The molecule has 0 bridgehead atoms. The average molecular weight is 535 g/mol. The fraction of sp³-hybridized carbons (Fsp3) is 0.467. The van der Waals surface area contributed by atoms with Crippen LogP contribution in [0.3, 0.4) is 0 Å². The minimum atomic E-state index is -1.02. The molecule has 206 valence electrons. The van der Waals surface area contributed by atoms with Crippen molar-refractivity contribution in [1.29, 1.82) is 0 Å². The lowest BCUT2D eigenvalue weighted by atomic mass is 9.75. The molecule has 3 heterocycles. The van der Waals surface area contributed by atoms with Crippen LogP contribution in [0.5, 0.6) is 0 Å². The van der Waals surface area contributed by atoms with Crippen LogP contribution < -0.4 is 10.6 Å². The SMILES string of the molecule is CC(C)(C)C1CCN(Cc2ccc(CNc3cccc4c3C(=O)N(C3CCC(=O)NC3=O)C4=O)cc2F)CC1. The van der Waals surface area contributed by atoms with Gasteiger partial charge in [-0.15, -0.1) is 0 Å². The molecule has 8 nitrogen and oxygen atoms in total. The van der Waals surface area contributed by atoms with Crippen LogP contribution >= 0.6 is 0 Å². The van der Waals surface area contributed by atoms with E-state index in [0.717, 1.165) is 30.8 Å². The molecule has 3 aliphatic heterocycles. The van der Waals surface area contributed by atoms with Gasteiger partial charge in [0.1, 0.15) is 11.9 Å². The third-order valence-corrected chi connectivity index (χ3v) is 8.27. The first-order valence-electron chi connectivity index (χ1n) is 13.6. The minimum absolute atomic E-state index is 0.0612. The molecule has 0 aromatic heterocycles. The van der Waals surface area contributed by atoms with Crippen LogP contribution in [-0.2, 0) is 22.7 Å². The molecule has 3 aliphatic rings. The Hall–Kier alpha value is -3.59. The highest BCUT2D eigenvalue weighted by atomic mass is 19.1. The summed E-state index contributed by atoms with van der Waals surface area (Å²) < 4.78 is 15.0. The second kappa shape index (κ2) is 10.5. The Balaban J connectivity index is 1.24. The van der Waals surface area contributed by atoms with Crippen molar-refractivity contribution in [1.82, 2.24) is 15.1 Å². The van der Waals surface area contributed by atoms with Gasteiger partial charge in [0, 0.05) is 30.8 Å². The molecule has 39 heavy (non-hydrogen) atoms. The molecule has 1 atom stereocenters. The first-order chi connectivity index (χ1) is 18.5. The van der Waals surface area contributed by atoms with Crippen molar-refractivity contribution in [3.8, 4) is 0 Å². The maximum Gasteiger partial charge on any atom is 0.264 e. The summed E-state index contributed by atoms with van der Waals surface area (Å²) in [5.41, 5.74) is 2.49. The summed E-state index contributed by atoms with van der Waals surface area (Å²) in [5, 5.41) is 5.37. The Bertz CT molecular complexity index is 1330. The van der Waals surface area contributed by atoms with Crippen molar-refractivity contribution in [2.24, 2.45) is 11.3 Å². The number of rotatable bonds is 6. The monoisotopic (exact) mass is 534 g/mol. The van der Waals surface area contributed by atoms with Crippen LogP contribution in [0.4, 0.5) is 10.1 Å². The Morgan fingerprint density at radius 1 is 1.00 bits per heavy atom. The number of carbonyl (C=O) groups is 4. The highest BCUT2D eigenvalue weighted by Crippen LogP contribution is 2.35. The highest BCUT2D eigenvalue weighted by Gasteiger charge is 2.45. The second-order valence-electron chi connectivity index (χ2n) is 11.9. The molecule has 2 fully saturated rings. The molecule has 0 saturated carbocycles. The smallest absolute Gasteiger partial charge is 0.264 e. The summed E-state index contributed by atoms with van der Waals surface area (Å²) >= 11 is 0. The molecule has 0 radical (unpaired) electrons. The van der Waals surface area contributed by atoms with Gasteiger partial charge in [0.25, 0.3) is 11.8 Å². The predicted molar refractivity (Wildman–Crippen MR) is 144 cm³/mol. The molecule has 4 amide bonds. The van der Waals surface area contributed by atoms with E-state index in [4.69, 9.17) is 0 Å². The summed E-state index contributed by atoms with van der Waals surface area (Å²) in [6.07, 6.45) is 2.40. The zero-order chi connectivity index (χ0) is 27.9. The lowest BCUT2D eigenvalue weighted by Gasteiger charge is -2.38. The molecule has 9 heteroatoms. The third-order valence-electron chi connectivity index (χ3n) is 8.27. The van der Waals surface area contributed by atoms with Crippen LogP contribution in [0.1, 0.15) is 78.3 Å². The van der Waals surface area contributed by atoms with Gasteiger partial charge in [-0.3, -0.25) is 34.3 Å². The van der Waals surface area contributed by atoms with Crippen molar-refractivity contribution in [3.63, 3.8) is 0 Å². The van der Waals surface area contributed by atoms with Crippen LogP contribution in [0.15, 0.2) is 36.4 Å². The van der Waals surface area contributed by atoms with E-state index in [2.05, 4.69) is 36.3 Å². The molecule has 1 unspecified atom stereocenters. The Morgan fingerprint density at radius 2 is 1.74 bits per heavy atom. The number of nitrogens with one attached hydrogen (secondary N) is 2. The number of carbonyl (C=O) groups excluding carboxylic acids is 4. The fourth-order valence-corrected chi connectivity index (χ4v) is 5.89. The van der Waals surface area contributed by atoms with Gasteiger partial charge in [-0.2, -0.15) is 0 Å². The van der Waals surface area contributed by atoms with E-state index in [0.29, 0.717) is 34.7 Å². The molecule has 0 spiro atoms. The zero-order valence-corrected chi connectivity index (χ0v) is 22.7. The van der Waals surface area contributed by atoms with E-state index in [1.54, 1.807) is 18.2 Å².